The van der Waals surface area contributed by atoms with Gasteiger partial charge >= 0.3 is 12.5 Å². The molecule has 0 fully saturated rings. The molecule has 0 aliphatic carbocycles. The van der Waals surface area contributed by atoms with Gasteiger partial charge in [-0.1, -0.05) is 11.6 Å². The SMILES string of the molecule is O=[N+]([O-])c1cc(Cl)c(C(F)(F)F)c(OC(F)(F)F)c1. The molecule has 0 N–H and O–H groups in total. The second-order valence-corrected chi connectivity index (χ2v) is 3.51. The van der Waals surface area contributed by atoms with Crippen LogP contribution in [0.15, 0.2) is 12.1 Å². The molecular formula is C8H2ClF6NO3. The summed E-state index contributed by atoms with van der Waals surface area (Å²) in [7, 11) is 0. The van der Waals surface area contributed by atoms with Crippen LogP contribution in [-0.2, 0) is 6.18 Å². The highest BCUT2D eigenvalue weighted by Gasteiger charge is 2.42. The van der Waals surface area contributed by atoms with Crippen LogP contribution in [0.4, 0.5) is 32.0 Å². The summed E-state index contributed by atoms with van der Waals surface area (Å²) >= 11 is 5.12. The van der Waals surface area contributed by atoms with E-state index < -0.39 is 39.5 Å². The van der Waals surface area contributed by atoms with Gasteiger partial charge in [-0.15, -0.1) is 13.2 Å². The van der Waals surface area contributed by atoms with E-state index in [9.17, 15) is 36.5 Å². The monoisotopic (exact) mass is 309 g/mol. The lowest BCUT2D eigenvalue weighted by Crippen LogP contribution is -2.20. The van der Waals surface area contributed by atoms with Crippen molar-refractivity contribution in [1.29, 1.82) is 0 Å². The molecule has 0 aliphatic rings. The lowest BCUT2D eigenvalue weighted by molar-refractivity contribution is -0.385. The molecule has 0 aromatic heterocycles. The van der Waals surface area contributed by atoms with Gasteiger partial charge < -0.3 is 4.74 Å². The van der Waals surface area contributed by atoms with Gasteiger partial charge in [0.05, 0.1) is 16.0 Å². The molecule has 4 nitrogen and oxygen atoms in total. The molecule has 106 valence electrons. The van der Waals surface area contributed by atoms with Crippen LogP contribution in [0.25, 0.3) is 0 Å². The van der Waals surface area contributed by atoms with E-state index in [2.05, 4.69) is 4.74 Å². The smallest absolute Gasteiger partial charge is 0.405 e. The van der Waals surface area contributed by atoms with E-state index in [1.54, 1.807) is 0 Å². The Balaban J connectivity index is 3.49. The highest BCUT2D eigenvalue weighted by molar-refractivity contribution is 6.31. The van der Waals surface area contributed by atoms with Crippen molar-refractivity contribution < 1.29 is 36.0 Å². The fourth-order valence-electron chi connectivity index (χ4n) is 1.15. The van der Waals surface area contributed by atoms with E-state index in [1.165, 1.54) is 0 Å². The number of ether oxygens (including phenoxy) is 1. The minimum Gasteiger partial charge on any atom is -0.405 e. The molecule has 0 saturated carbocycles. The van der Waals surface area contributed by atoms with Crippen molar-refractivity contribution in [1.82, 2.24) is 0 Å². The van der Waals surface area contributed by atoms with Crippen LogP contribution >= 0.6 is 11.6 Å². The number of nitrogens with zero attached hydrogens (tertiary/aromatic N) is 1. The molecule has 0 aliphatic heterocycles. The lowest BCUT2D eigenvalue weighted by Gasteiger charge is -2.16. The van der Waals surface area contributed by atoms with Gasteiger partial charge in [-0.2, -0.15) is 13.2 Å². The van der Waals surface area contributed by atoms with E-state index in [0.717, 1.165) is 0 Å². The molecule has 0 unspecified atom stereocenters. The fraction of sp³-hybridized carbons (Fsp3) is 0.250. The third kappa shape index (κ3) is 3.88. The molecule has 1 aromatic carbocycles. The van der Waals surface area contributed by atoms with Crippen molar-refractivity contribution >= 4 is 17.3 Å². The number of nitro groups is 1. The average Bonchev–Trinajstić information content (AvgIpc) is 2.10. The molecule has 11 heteroatoms. The van der Waals surface area contributed by atoms with Crippen molar-refractivity contribution in [2.75, 3.05) is 0 Å². The summed E-state index contributed by atoms with van der Waals surface area (Å²) in [5.41, 5.74) is -2.99. The van der Waals surface area contributed by atoms with Crippen LogP contribution in [0.5, 0.6) is 5.75 Å². The van der Waals surface area contributed by atoms with Crippen LogP contribution in [0.3, 0.4) is 0 Å². The van der Waals surface area contributed by atoms with E-state index >= 15 is 0 Å². The first-order valence-electron chi connectivity index (χ1n) is 4.22. The summed E-state index contributed by atoms with van der Waals surface area (Å²) in [4.78, 5) is 9.16. The molecular weight excluding hydrogens is 308 g/mol. The number of alkyl halides is 6. The van der Waals surface area contributed by atoms with E-state index in [1.807, 2.05) is 0 Å². The second-order valence-electron chi connectivity index (χ2n) is 3.10. The summed E-state index contributed by atoms with van der Waals surface area (Å²) < 4.78 is 76.6. The van der Waals surface area contributed by atoms with Crippen molar-refractivity contribution in [3.63, 3.8) is 0 Å². The van der Waals surface area contributed by atoms with Gasteiger partial charge in [0.2, 0.25) is 0 Å². The quantitative estimate of drug-likeness (QED) is 0.468. The molecule has 0 heterocycles. The molecule has 0 saturated heterocycles. The second kappa shape index (κ2) is 4.76. The van der Waals surface area contributed by atoms with Crippen LogP contribution in [-0.4, -0.2) is 11.3 Å². The van der Waals surface area contributed by atoms with Gasteiger partial charge in [-0.25, -0.2) is 0 Å². The summed E-state index contributed by atoms with van der Waals surface area (Å²) in [6, 6.07) is 0.288. The van der Waals surface area contributed by atoms with Crippen LogP contribution < -0.4 is 4.74 Å². The maximum absolute atomic E-state index is 12.5. The zero-order chi connectivity index (χ0) is 15.0. The van der Waals surface area contributed by atoms with Crippen LogP contribution in [0, 0.1) is 10.1 Å². The number of hydrogen-bond donors (Lipinski definition) is 0. The Hall–Kier alpha value is -1.71. The molecule has 0 radical (unpaired) electrons. The Bertz CT molecular complexity index is 512. The van der Waals surface area contributed by atoms with Crippen LogP contribution in [0.1, 0.15) is 5.56 Å². The summed E-state index contributed by atoms with van der Waals surface area (Å²) in [5, 5.41) is 9.10. The first kappa shape index (κ1) is 15.3. The van der Waals surface area contributed by atoms with Gasteiger partial charge in [0.25, 0.3) is 5.69 Å². The largest absolute Gasteiger partial charge is 0.573 e. The number of non-ortho nitro benzene ring substituents is 1. The third-order valence-electron chi connectivity index (χ3n) is 1.76. The Kier molecular flexibility index (Phi) is 3.84. The Morgan fingerprint density at radius 1 is 1.16 bits per heavy atom. The molecule has 19 heavy (non-hydrogen) atoms. The molecule has 0 atom stereocenters. The molecule has 1 aromatic rings. The van der Waals surface area contributed by atoms with Crippen molar-refractivity contribution in [2.45, 2.75) is 12.5 Å². The predicted molar refractivity (Wildman–Crippen MR) is 49.8 cm³/mol. The van der Waals surface area contributed by atoms with Gasteiger partial charge in [0.15, 0.2) is 0 Å². The van der Waals surface area contributed by atoms with Crippen LogP contribution in [0.2, 0.25) is 5.02 Å². The fourth-order valence-corrected chi connectivity index (χ4v) is 1.47. The highest BCUT2D eigenvalue weighted by Crippen LogP contribution is 2.44. The number of nitro benzene ring substituents is 1. The van der Waals surface area contributed by atoms with Gasteiger partial charge in [0, 0.05) is 6.07 Å². The Morgan fingerprint density at radius 3 is 2.05 bits per heavy atom. The number of halogens is 7. The standard InChI is InChI=1S/C8H2ClF6NO3/c9-4-1-3(16(17)18)2-5(19-8(13,14)15)6(4)7(10,11)12/h1-2H. The Morgan fingerprint density at radius 2 is 1.68 bits per heavy atom. The molecule has 1 rings (SSSR count). The van der Waals surface area contributed by atoms with Gasteiger partial charge in [-0.3, -0.25) is 10.1 Å². The van der Waals surface area contributed by atoms with Crippen molar-refractivity contribution in [3.8, 4) is 5.75 Å². The van der Waals surface area contributed by atoms with Gasteiger partial charge in [0.1, 0.15) is 11.3 Å². The van der Waals surface area contributed by atoms with E-state index in [0.29, 0.717) is 0 Å². The molecule has 0 spiro atoms. The average molecular weight is 310 g/mol. The molecule has 0 bridgehead atoms. The minimum atomic E-state index is -5.45. The van der Waals surface area contributed by atoms with Gasteiger partial charge in [-0.05, 0) is 0 Å². The van der Waals surface area contributed by atoms with Crippen molar-refractivity contribution in [3.05, 3.63) is 32.8 Å². The molecule has 0 amide bonds. The normalized spacial score (nSPS) is 12.4. The first-order valence-corrected chi connectivity index (χ1v) is 4.60. The number of hydrogen-bond acceptors (Lipinski definition) is 3. The summed E-state index contributed by atoms with van der Waals surface area (Å²) in [6.07, 6.45) is -10.7. The predicted octanol–water partition coefficient (Wildman–Crippen LogP) is 4.17. The maximum atomic E-state index is 12.5. The van der Waals surface area contributed by atoms with Crippen molar-refractivity contribution in [2.24, 2.45) is 0 Å². The summed E-state index contributed by atoms with van der Waals surface area (Å²) in [5.74, 6) is -1.78. The maximum Gasteiger partial charge on any atom is 0.573 e. The van der Waals surface area contributed by atoms with E-state index in [4.69, 9.17) is 11.6 Å². The lowest BCUT2D eigenvalue weighted by atomic mass is 10.1. The summed E-state index contributed by atoms with van der Waals surface area (Å²) in [6.45, 7) is 0. The third-order valence-corrected chi connectivity index (χ3v) is 2.06. The highest BCUT2D eigenvalue weighted by atomic mass is 35.5. The number of benzene rings is 1. The topological polar surface area (TPSA) is 52.4 Å². The zero-order valence-electron chi connectivity index (χ0n) is 8.47. The Labute approximate surface area is 105 Å². The first-order chi connectivity index (χ1) is 8.42. The number of rotatable bonds is 2. The van der Waals surface area contributed by atoms with E-state index in [-0.39, 0.29) is 12.1 Å². The minimum absolute atomic E-state index is 0.00218. The zero-order valence-corrected chi connectivity index (χ0v) is 9.23.